The minimum absolute atomic E-state index is 0.0759. The Balaban J connectivity index is 1.46. The number of sulfone groups is 1. The lowest BCUT2D eigenvalue weighted by Gasteiger charge is -2.40. The summed E-state index contributed by atoms with van der Waals surface area (Å²) in [6.45, 7) is 4.89. The second-order valence-electron chi connectivity index (χ2n) is 13.4. The van der Waals surface area contributed by atoms with Crippen molar-refractivity contribution < 1.29 is 42.8 Å². The number of benzene rings is 2. The Morgan fingerprint density at radius 2 is 1.38 bits per heavy atom. The van der Waals surface area contributed by atoms with Crippen LogP contribution in [0.1, 0.15) is 110 Å². The molecule has 0 saturated carbocycles. The highest BCUT2D eigenvalue weighted by Crippen LogP contribution is 2.50. The van der Waals surface area contributed by atoms with Gasteiger partial charge in [-0.15, -0.1) is 0 Å². The highest BCUT2D eigenvalue weighted by atomic mass is 32.2. The molecule has 0 bridgehead atoms. The minimum atomic E-state index is -3.68. The van der Waals surface area contributed by atoms with Crippen LogP contribution in [-0.4, -0.2) is 79.8 Å². The number of fused-ring (bicyclic) bond motifs is 1. The molecule has 0 saturated heterocycles. The fourth-order valence-electron chi connectivity index (χ4n) is 6.73. The molecule has 4 rings (SSSR count). The van der Waals surface area contributed by atoms with E-state index in [1.807, 2.05) is 55.4 Å². The Bertz CT molecular complexity index is 1680. The van der Waals surface area contributed by atoms with Crippen LogP contribution in [0.25, 0.3) is 0 Å². The maximum atomic E-state index is 14.1. The van der Waals surface area contributed by atoms with Gasteiger partial charge in [0.05, 0.1) is 30.0 Å². The van der Waals surface area contributed by atoms with Crippen molar-refractivity contribution in [2.75, 3.05) is 38.0 Å². The number of aromatic carboxylic acids is 2. The van der Waals surface area contributed by atoms with Crippen molar-refractivity contribution in [3.63, 3.8) is 0 Å². The molecule has 2 heterocycles. The first-order chi connectivity index (χ1) is 23.8. The van der Waals surface area contributed by atoms with Crippen LogP contribution in [-0.2, 0) is 9.84 Å². The Morgan fingerprint density at radius 1 is 0.820 bits per heavy atom. The van der Waals surface area contributed by atoms with Gasteiger partial charge < -0.3 is 29.7 Å². The first-order valence-electron chi connectivity index (χ1n) is 17.4. The fourth-order valence-corrected chi connectivity index (χ4v) is 8.92. The molecule has 0 aliphatic carbocycles. The molecule has 3 aromatic rings. The molecule has 0 unspecified atom stereocenters. The van der Waals surface area contributed by atoms with E-state index < -0.39 is 50.6 Å². The van der Waals surface area contributed by atoms with E-state index >= 15 is 0 Å². The van der Waals surface area contributed by atoms with Crippen LogP contribution in [0.5, 0.6) is 11.5 Å². The van der Waals surface area contributed by atoms with E-state index in [0.717, 1.165) is 49.8 Å². The molecule has 2 atom stereocenters. The first kappa shape index (κ1) is 38.6. The summed E-state index contributed by atoms with van der Waals surface area (Å²) in [7, 11) is 0.150. The van der Waals surface area contributed by atoms with Crippen LogP contribution in [0.4, 0.5) is 5.69 Å². The number of aliphatic hydroxyl groups is 1. The van der Waals surface area contributed by atoms with Crippen molar-refractivity contribution in [1.82, 2.24) is 4.98 Å². The third kappa shape index (κ3) is 9.33. The Hall–Kier alpha value is -4.16. The average molecular weight is 711 g/mol. The maximum absolute atomic E-state index is 14.1. The zero-order valence-corrected chi connectivity index (χ0v) is 30.2. The summed E-state index contributed by atoms with van der Waals surface area (Å²) in [5, 5.41) is 30.7. The van der Waals surface area contributed by atoms with Gasteiger partial charge in [0, 0.05) is 43.2 Å². The highest BCUT2D eigenvalue weighted by Gasteiger charge is 2.49. The maximum Gasteiger partial charge on any atom is 0.354 e. The number of carboxylic acid groups (broad SMARTS) is 2. The largest absolute Gasteiger partial charge is 0.494 e. The quantitative estimate of drug-likeness (QED) is 0.119. The smallest absolute Gasteiger partial charge is 0.354 e. The van der Waals surface area contributed by atoms with Crippen LogP contribution in [0, 0.1) is 5.41 Å². The van der Waals surface area contributed by atoms with Gasteiger partial charge in [-0.2, -0.15) is 0 Å². The topological polar surface area (TPSA) is 164 Å². The lowest BCUT2D eigenvalue weighted by molar-refractivity contribution is 0.0127. The van der Waals surface area contributed by atoms with Gasteiger partial charge in [-0.05, 0) is 73.6 Å². The number of hydrogen-bond acceptors (Lipinski definition) is 9. The number of carbonyl (C=O) groups is 2. The van der Waals surface area contributed by atoms with Crippen molar-refractivity contribution in [2.45, 2.75) is 88.6 Å². The third-order valence-corrected chi connectivity index (χ3v) is 11.5. The van der Waals surface area contributed by atoms with Crippen LogP contribution in [0.15, 0.2) is 59.5 Å². The molecular weight excluding hydrogens is 660 g/mol. The lowest BCUT2D eigenvalue weighted by atomic mass is 9.68. The fraction of sp³-hybridized carbons (Fsp3) is 0.500. The summed E-state index contributed by atoms with van der Waals surface area (Å²) >= 11 is 0. The summed E-state index contributed by atoms with van der Waals surface area (Å²) in [6, 6.07) is 15.4. The summed E-state index contributed by atoms with van der Waals surface area (Å²) in [4.78, 5) is 28.3. The van der Waals surface area contributed by atoms with Crippen molar-refractivity contribution in [3.05, 3.63) is 77.1 Å². The summed E-state index contributed by atoms with van der Waals surface area (Å²) in [5.74, 6) is -2.49. The Morgan fingerprint density at radius 3 is 1.90 bits per heavy atom. The van der Waals surface area contributed by atoms with E-state index in [9.17, 15) is 33.3 Å². The van der Waals surface area contributed by atoms with Gasteiger partial charge in [0.2, 0.25) is 0 Å². The number of pyridine rings is 1. The summed E-state index contributed by atoms with van der Waals surface area (Å²) in [5.41, 5.74) is 0.758. The van der Waals surface area contributed by atoms with Crippen molar-refractivity contribution in [2.24, 2.45) is 5.41 Å². The lowest BCUT2D eigenvalue weighted by Crippen LogP contribution is -2.43. The molecule has 0 fully saturated rings. The van der Waals surface area contributed by atoms with Gasteiger partial charge in [-0.1, -0.05) is 51.7 Å². The Kier molecular flexibility index (Phi) is 13.3. The highest BCUT2D eigenvalue weighted by molar-refractivity contribution is 7.91. The monoisotopic (exact) mass is 710 g/mol. The molecule has 1 aromatic heterocycles. The SMILES string of the molecule is CCCCC1(CCCC)CS(=O)(=O)c2ccc(N(C)C)cc2[C@@H](c2ccc(OCCCCCOc3cc(C(=O)O)nc(C(=O)O)c3)cc2)[C@H]1O. The summed E-state index contributed by atoms with van der Waals surface area (Å²) in [6.07, 6.45) is 5.98. The van der Waals surface area contributed by atoms with Gasteiger partial charge in [0.1, 0.15) is 11.5 Å². The molecule has 0 spiro atoms. The number of aliphatic hydroxyl groups excluding tert-OH is 1. The number of carboxylic acids is 2. The van der Waals surface area contributed by atoms with Crippen LogP contribution >= 0.6 is 0 Å². The third-order valence-electron chi connectivity index (χ3n) is 9.46. The van der Waals surface area contributed by atoms with Crippen LogP contribution in [0.2, 0.25) is 0 Å². The van der Waals surface area contributed by atoms with Gasteiger partial charge in [0.25, 0.3) is 0 Å². The number of hydrogen-bond donors (Lipinski definition) is 3. The minimum Gasteiger partial charge on any atom is -0.494 e. The second-order valence-corrected chi connectivity index (χ2v) is 15.3. The molecule has 272 valence electrons. The van der Waals surface area contributed by atoms with E-state index in [0.29, 0.717) is 42.1 Å². The molecule has 50 heavy (non-hydrogen) atoms. The molecule has 11 nitrogen and oxygen atoms in total. The van der Waals surface area contributed by atoms with Gasteiger partial charge in [0.15, 0.2) is 21.2 Å². The van der Waals surface area contributed by atoms with Crippen molar-refractivity contribution in [3.8, 4) is 11.5 Å². The van der Waals surface area contributed by atoms with E-state index in [4.69, 9.17) is 9.47 Å². The molecule has 3 N–H and O–H groups in total. The number of anilines is 1. The zero-order valence-electron chi connectivity index (χ0n) is 29.4. The zero-order chi connectivity index (χ0) is 36.5. The number of aromatic nitrogens is 1. The van der Waals surface area contributed by atoms with Crippen LogP contribution in [0.3, 0.4) is 0 Å². The first-order valence-corrected chi connectivity index (χ1v) is 19.0. The standard InChI is InChI=1S/C38H50N2O9S/c1-5-7-18-38(19-8-6-2)25-50(46,47)33-17-14-27(40(3)4)22-30(33)34(35(38)41)26-12-15-28(16-13-26)48-20-10-9-11-21-49-29-23-31(36(42)43)39-32(24-29)37(44)45/h12-17,22-24,34-35,41H,5-11,18-21,25H2,1-4H3,(H,42,43)(H,44,45)/t34-,35-/m1/s1. The average Bonchev–Trinajstić information content (AvgIpc) is 3.15. The molecular formula is C38H50N2O9S. The Labute approximate surface area is 295 Å². The van der Waals surface area contributed by atoms with Crippen LogP contribution < -0.4 is 14.4 Å². The van der Waals surface area contributed by atoms with Crippen molar-refractivity contribution in [1.29, 1.82) is 0 Å². The summed E-state index contributed by atoms with van der Waals surface area (Å²) < 4.78 is 39.7. The van der Waals surface area contributed by atoms with Gasteiger partial charge in [-0.25, -0.2) is 23.0 Å². The van der Waals surface area contributed by atoms with Gasteiger partial charge in [-0.3, -0.25) is 0 Å². The number of nitrogens with zero attached hydrogens (tertiary/aromatic N) is 2. The molecule has 12 heteroatoms. The molecule has 1 aliphatic rings. The van der Waals surface area contributed by atoms with E-state index in [2.05, 4.69) is 18.8 Å². The molecule has 1 aliphatic heterocycles. The van der Waals surface area contributed by atoms with E-state index in [-0.39, 0.29) is 18.1 Å². The number of unbranched alkanes of at least 4 members (excludes halogenated alkanes) is 4. The molecule has 0 amide bonds. The second kappa shape index (κ2) is 17.2. The van der Waals surface area contributed by atoms with Gasteiger partial charge >= 0.3 is 11.9 Å². The van der Waals surface area contributed by atoms with Crippen molar-refractivity contribution >= 4 is 27.5 Å². The molecule has 0 radical (unpaired) electrons. The number of rotatable bonds is 18. The van der Waals surface area contributed by atoms with E-state index in [1.54, 1.807) is 6.07 Å². The predicted octanol–water partition coefficient (Wildman–Crippen LogP) is 6.82. The normalized spacial score (nSPS) is 17.7. The van der Waals surface area contributed by atoms with E-state index in [1.165, 1.54) is 12.1 Å². The number of ether oxygens (including phenoxy) is 2. The molecule has 2 aromatic carbocycles. The predicted molar refractivity (Wildman–Crippen MR) is 192 cm³/mol.